The molecule has 5 heteroatoms. The van der Waals surface area contributed by atoms with Crippen molar-refractivity contribution < 1.29 is 24.2 Å². The van der Waals surface area contributed by atoms with Crippen LogP contribution in [0.2, 0.25) is 0 Å². The third-order valence-corrected chi connectivity index (χ3v) is 10.4. The number of rotatable bonds is 43. The van der Waals surface area contributed by atoms with Crippen LogP contribution in [0, 0.1) is 0 Å². The second kappa shape index (κ2) is 46.2. The number of ether oxygens (including phenoxy) is 2. The van der Waals surface area contributed by atoms with Crippen molar-refractivity contribution in [3.63, 3.8) is 0 Å². The van der Waals surface area contributed by atoms with Crippen molar-refractivity contribution in [1.82, 2.24) is 0 Å². The van der Waals surface area contributed by atoms with Crippen LogP contribution >= 0.6 is 0 Å². The Labute approximate surface area is 341 Å². The Hall–Kier alpha value is -2.14. The Balaban J connectivity index is 3.39. The van der Waals surface area contributed by atoms with Gasteiger partial charge in [-0.3, -0.25) is 9.59 Å². The molecular weight excluding hydrogens is 681 g/mol. The van der Waals surface area contributed by atoms with Crippen molar-refractivity contribution in [2.24, 2.45) is 0 Å². The molecule has 1 unspecified atom stereocenters. The normalized spacial score (nSPS) is 12.6. The molecule has 0 aliphatic carbocycles. The lowest BCUT2D eigenvalue weighted by molar-refractivity contribution is -0.161. The van der Waals surface area contributed by atoms with Crippen LogP contribution in [0.3, 0.4) is 0 Å². The van der Waals surface area contributed by atoms with Gasteiger partial charge in [-0.1, -0.05) is 223 Å². The van der Waals surface area contributed by atoms with Crippen molar-refractivity contribution in [1.29, 1.82) is 0 Å². The first kappa shape index (κ1) is 52.9. The van der Waals surface area contributed by atoms with E-state index in [2.05, 4.69) is 62.5 Å². The van der Waals surface area contributed by atoms with E-state index in [1.807, 2.05) is 0 Å². The summed E-state index contributed by atoms with van der Waals surface area (Å²) < 4.78 is 10.6. The van der Waals surface area contributed by atoms with Gasteiger partial charge in [0.2, 0.25) is 0 Å². The van der Waals surface area contributed by atoms with Gasteiger partial charge >= 0.3 is 11.9 Å². The number of allylic oxidation sites excluding steroid dienone is 8. The number of hydrogen-bond donors (Lipinski definition) is 1. The Morgan fingerprint density at radius 2 is 0.782 bits per heavy atom. The molecule has 0 aromatic heterocycles. The molecule has 0 aliphatic rings. The summed E-state index contributed by atoms with van der Waals surface area (Å²) in [6.07, 6.45) is 59.4. The maximum absolute atomic E-state index is 12.2. The summed E-state index contributed by atoms with van der Waals surface area (Å²) in [5.74, 6) is -0.586. The van der Waals surface area contributed by atoms with E-state index in [0.717, 1.165) is 64.2 Å². The van der Waals surface area contributed by atoms with Gasteiger partial charge in [0.05, 0.1) is 6.61 Å². The van der Waals surface area contributed by atoms with E-state index in [1.54, 1.807) is 0 Å². The minimum Gasteiger partial charge on any atom is -0.462 e. The molecule has 55 heavy (non-hydrogen) atoms. The van der Waals surface area contributed by atoms with E-state index in [-0.39, 0.29) is 25.2 Å². The van der Waals surface area contributed by atoms with Crippen LogP contribution in [0.15, 0.2) is 48.6 Å². The number of esters is 2. The molecule has 5 nitrogen and oxygen atoms in total. The van der Waals surface area contributed by atoms with E-state index in [9.17, 15) is 14.7 Å². The van der Waals surface area contributed by atoms with Crippen LogP contribution in [-0.4, -0.2) is 36.4 Å². The van der Waals surface area contributed by atoms with Gasteiger partial charge in [-0.2, -0.15) is 0 Å². The molecule has 0 radical (unpaired) electrons. The van der Waals surface area contributed by atoms with Gasteiger partial charge in [-0.05, 0) is 51.4 Å². The fraction of sp³-hybridized carbons (Fsp3) is 0.800. The smallest absolute Gasteiger partial charge is 0.306 e. The highest BCUT2D eigenvalue weighted by molar-refractivity contribution is 5.70. The van der Waals surface area contributed by atoms with Crippen molar-refractivity contribution in [3.8, 4) is 0 Å². The second-order valence-corrected chi connectivity index (χ2v) is 15.8. The van der Waals surface area contributed by atoms with Crippen LogP contribution in [0.25, 0.3) is 0 Å². The minimum atomic E-state index is -0.765. The molecule has 1 N–H and O–H groups in total. The molecule has 0 heterocycles. The number of aliphatic hydroxyl groups excluding tert-OH is 1. The molecule has 320 valence electrons. The van der Waals surface area contributed by atoms with Gasteiger partial charge in [0.25, 0.3) is 0 Å². The van der Waals surface area contributed by atoms with Gasteiger partial charge in [-0.25, -0.2) is 0 Å². The van der Waals surface area contributed by atoms with Gasteiger partial charge in [0.1, 0.15) is 6.61 Å². The van der Waals surface area contributed by atoms with Crippen molar-refractivity contribution in [3.05, 3.63) is 48.6 Å². The van der Waals surface area contributed by atoms with Crippen molar-refractivity contribution in [2.45, 2.75) is 245 Å². The van der Waals surface area contributed by atoms with Gasteiger partial charge in [-0.15, -0.1) is 0 Å². The highest BCUT2D eigenvalue weighted by Crippen LogP contribution is 2.16. The topological polar surface area (TPSA) is 72.8 Å². The summed E-state index contributed by atoms with van der Waals surface area (Å²) in [4.78, 5) is 24.2. The van der Waals surface area contributed by atoms with Gasteiger partial charge in [0, 0.05) is 12.8 Å². The van der Waals surface area contributed by atoms with Gasteiger partial charge < -0.3 is 14.6 Å². The van der Waals surface area contributed by atoms with Crippen LogP contribution in [0.5, 0.6) is 0 Å². The Morgan fingerprint density at radius 1 is 0.436 bits per heavy atom. The average Bonchev–Trinajstić information content (AvgIpc) is 3.19. The molecule has 0 bridgehead atoms. The van der Waals surface area contributed by atoms with E-state index in [1.165, 1.54) is 148 Å². The summed E-state index contributed by atoms with van der Waals surface area (Å²) in [6.45, 7) is 4.00. The first-order chi connectivity index (χ1) is 27.1. The summed E-state index contributed by atoms with van der Waals surface area (Å²) in [5, 5.41) is 9.54. The molecule has 0 aliphatic heterocycles. The number of hydrogen-bond acceptors (Lipinski definition) is 5. The number of carbonyl (C=O) groups is 2. The van der Waals surface area contributed by atoms with Crippen molar-refractivity contribution >= 4 is 11.9 Å². The third kappa shape index (κ3) is 44.4. The molecule has 0 aromatic rings. The van der Waals surface area contributed by atoms with E-state index < -0.39 is 6.10 Å². The molecule has 0 amide bonds. The molecule has 0 fully saturated rings. The van der Waals surface area contributed by atoms with Crippen LogP contribution in [0.4, 0.5) is 0 Å². The Bertz CT molecular complexity index is 919. The highest BCUT2D eigenvalue weighted by atomic mass is 16.6. The summed E-state index contributed by atoms with van der Waals surface area (Å²) in [6, 6.07) is 0. The first-order valence-electron chi connectivity index (χ1n) is 23.7. The number of unbranched alkanes of at least 4 members (excludes halogenated alkanes) is 27. The monoisotopic (exact) mass is 771 g/mol. The molecule has 0 saturated heterocycles. The predicted octanol–water partition coefficient (Wildman–Crippen LogP) is 15.4. The summed E-state index contributed by atoms with van der Waals surface area (Å²) >= 11 is 0. The molecule has 0 rings (SSSR count). The van der Waals surface area contributed by atoms with Crippen LogP contribution in [0.1, 0.15) is 239 Å². The largest absolute Gasteiger partial charge is 0.462 e. The zero-order valence-electron chi connectivity index (χ0n) is 36.4. The van der Waals surface area contributed by atoms with E-state index >= 15 is 0 Å². The fourth-order valence-corrected chi connectivity index (χ4v) is 6.84. The van der Waals surface area contributed by atoms with E-state index in [4.69, 9.17) is 9.47 Å². The maximum atomic E-state index is 12.2. The lowest BCUT2D eigenvalue weighted by Crippen LogP contribution is -2.28. The second-order valence-electron chi connectivity index (χ2n) is 15.8. The van der Waals surface area contributed by atoms with Crippen LogP contribution in [-0.2, 0) is 19.1 Å². The lowest BCUT2D eigenvalue weighted by Gasteiger charge is -2.15. The molecule has 0 spiro atoms. The molecular formula is C50H90O5. The zero-order valence-corrected chi connectivity index (χ0v) is 36.4. The molecule has 1 atom stereocenters. The molecule has 0 aromatic carbocycles. The quantitative estimate of drug-likeness (QED) is 0.0380. The maximum Gasteiger partial charge on any atom is 0.306 e. The number of carbonyl (C=O) groups excluding carboxylic acids is 2. The minimum absolute atomic E-state index is 0.0618. The Kier molecular flexibility index (Phi) is 44.4. The predicted molar refractivity (Wildman–Crippen MR) is 237 cm³/mol. The number of aliphatic hydroxyl groups is 1. The zero-order chi connectivity index (χ0) is 40.0. The summed E-state index contributed by atoms with van der Waals surface area (Å²) in [5.41, 5.74) is 0. The lowest BCUT2D eigenvalue weighted by atomic mass is 10.0. The Morgan fingerprint density at radius 3 is 1.18 bits per heavy atom. The summed E-state index contributed by atoms with van der Waals surface area (Å²) in [7, 11) is 0. The highest BCUT2D eigenvalue weighted by Gasteiger charge is 2.16. The SMILES string of the molecule is CC/C=C\C/C=C\C/C=C\C/C=C\CCCCCCCCCCCCCCCCCCCCCCC(=O)OC(CO)COC(=O)CCCCCCCCCC. The van der Waals surface area contributed by atoms with Crippen LogP contribution < -0.4 is 0 Å². The molecule has 0 saturated carbocycles. The van der Waals surface area contributed by atoms with Crippen molar-refractivity contribution in [2.75, 3.05) is 13.2 Å². The van der Waals surface area contributed by atoms with E-state index in [0.29, 0.717) is 12.8 Å². The fourth-order valence-electron chi connectivity index (χ4n) is 6.84. The first-order valence-corrected chi connectivity index (χ1v) is 23.7. The van der Waals surface area contributed by atoms with Gasteiger partial charge in [0.15, 0.2) is 6.10 Å². The average molecular weight is 771 g/mol. The standard InChI is InChI=1S/C50H90O5/c1-3-5-7-9-11-13-14-15-16-17-18-19-20-21-22-23-24-25-26-27-28-29-30-31-32-33-34-35-36-37-39-41-43-45-50(53)55-48(46-51)47-54-49(52)44-42-40-38-12-10-8-6-4-2/h5,7,11,13,15-16,18-19,48,51H,3-4,6,8-10,12,14,17,20-47H2,1-2H3/b7-5-,13-11-,16-15-,19-18-. The third-order valence-electron chi connectivity index (χ3n) is 10.4.